The van der Waals surface area contributed by atoms with Gasteiger partial charge in [-0.15, -0.1) is 0 Å². The van der Waals surface area contributed by atoms with Crippen LogP contribution in [0.25, 0.3) is 11.4 Å². The van der Waals surface area contributed by atoms with Crippen LogP contribution in [0.3, 0.4) is 0 Å². The number of hydrogen-bond acceptors (Lipinski definition) is 5. The molecule has 1 aromatic carbocycles. The molecule has 0 amide bonds. The molecule has 0 aliphatic rings. The molecule has 0 bridgehead atoms. The number of methoxy groups -OCH3 is 1. The predicted octanol–water partition coefficient (Wildman–Crippen LogP) is 1.22. The Morgan fingerprint density at radius 3 is 2.45 bits per heavy atom. The van der Waals surface area contributed by atoms with Crippen molar-refractivity contribution in [3.8, 4) is 11.4 Å². The number of benzene rings is 1. The molecular weight excluding hydrogens is 284 g/mol. The van der Waals surface area contributed by atoms with Gasteiger partial charge in [-0.25, -0.2) is 4.98 Å². The first-order valence-electron chi connectivity index (χ1n) is 6.85. The van der Waals surface area contributed by atoms with E-state index in [0.29, 0.717) is 13.2 Å². The van der Waals surface area contributed by atoms with Crippen LogP contribution in [-0.2, 0) is 29.6 Å². The minimum atomic E-state index is -0.833. The number of aliphatic carboxylic acids is 1. The highest BCUT2D eigenvalue weighted by Gasteiger charge is 2.08. The van der Waals surface area contributed by atoms with Crippen molar-refractivity contribution in [1.29, 1.82) is 0 Å². The molecule has 2 rings (SSSR count). The zero-order valence-electron chi connectivity index (χ0n) is 13.1. The fraction of sp³-hybridized carbons (Fsp3) is 0.400. The molecular formula is C15H22N4O3. The van der Waals surface area contributed by atoms with Crippen LogP contribution in [0, 0.1) is 0 Å². The lowest BCUT2D eigenvalue weighted by molar-refractivity contribution is -0.134. The summed E-state index contributed by atoms with van der Waals surface area (Å²) in [6.07, 6.45) is 0.894. The number of hydrogen-bond donors (Lipinski definition) is 2. The fourth-order valence-electron chi connectivity index (χ4n) is 1.78. The monoisotopic (exact) mass is 306 g/mol. The van der Waals surface area contributed by atoms with Gasteiger partial charge in [0.15, 0.2) is 11.6 Å². The van der Waals surface area contributed by atoms with Crippen molar-refractivity contribution in [3.63, 3.8) is 0 Å². The molecule has 0 atom stereocenters. The molecule has 0 radical (unpaired) electrons. The molecule has 0 aliphatic heterocycles. The lowest BCUT2D eigenvalue weighted by atomic mass is 10.1. The highest BCUT2D eigenvalue weighted by molar-refractivity contribution is 5.63. The summed E-state index contributed by atoms with van der Waals surface area (Å²) in [7, 11) is 3.52. The standard InChI is InChI=1S/C13H18N4O.C2H4O2/c1-17-12(9-18-2)15-13(16-17)11-5-3-10(4-6-11)7-8-14;1-2(3)4/h3-6H,7-9,14H2,1-2H3;1H3,(H,3,4). The van der Waals surface area contributed by atoms with Crippen LogP contribution in [0.5, 0.6) is 0 Å². The van der Waals surface area contributed by atoms with Gasteiger partial charge in [-0.3, -0.25) is 9.48 Å². The van der Waals surface area contributed by atoms with Crippen LogP contribution in [0.4, 0.5) is 0 Å². The number of carbonyl (C=O) groups is 1. The number of nitrogens with two attached hydrogens (primary N) is 1. The Hall–Kier alpha value is -2.25. The Balaban J connectivity index is 0.000000541. The molecule has 0 aliphatic carbocycles. The van der Waals surface area contributed by atoms with Crippen molar-refractivity contribution >= 4 is 5.97 Å². The van der Waals surface area contributed by atoms with Crippen molar-refractivity contribution in [2.24, 2.45) is 12.8 Å². The van der Waals surface area contributed by atoms with Crippen molar-refractivity contribution in [3.05, 3.63) is 35.7 Å². The summed E-state index contributed by atoms with van der Waals surface area (Å²) < 4.78 is 6.81. The second-order valence-corrected chi connectivity index (χ2v) is 4.66. The molecule has 0 unspecified atom stereocenters. The summed E-state index contributed by atoms with van der Waals surface area (Å²) in [4.78, 5) is 13.4. The average molecular weight is 306 g/mol. The Morgan fingerprint density at radius 1 is 1.36 bits per heavy atom. The molecule has 0 saturated heterocycles. The Morgan fingerprint density at radius 2 is 1.95 bits per heavy atom. The summed E-state index contributed by atoms with van der Waals surface area (Å²) in [6.45, 7) is 2.22. The minimum absolute atomic E-state index is 0.467. The van der Waals surface area contributed by atoms with Gasteiger partial charge in [0.25, 0.3) is 5.97 Å². The summed E-state index contributed by atoms with van der Waals surface area (Å²) in [5.41, 5.74) is 7.76. The molecule has 0 spiro atoms. The highest BCUT2D eigenvalue weighted by atomic mass is 16.5. The van der Waals surface area contributed by atoms with E-state index in [-0.39, 0.29) is 0 Å². The minimum Gasteiger partial charge on any atom is -0.481 e. The van der Waals surface area contributed by atoms with E-state index in [9.17, 15) is 0 Å². The summed E-state index contributed by atoms with van der Waals surface area (Å²) in [5.74, 6) is 0.711. The lowest BCUT2D eigenvalue weighted by Gasteiger charge is -1.99. The van der Waals surface area contributed by atoms with Crippen molar-refractivity contribution < 1.29 is 14.6 Å². The van der Waals surface area contributed by atoms with Crippen molar-refractivity contribution in [2.75, 3.05) is 13.7 Å². The van der Waals surface area contributed by atoms with E-state index in [1.807, 2.05) is 19.2 Å². The fourth-order valence-corrected chi connectivity index (χ4v) is 1.78. The van der Waals surface area contributed by atoms with Gasteiger partial charge < -0.3 is 15.6 Å². The van der Waals surface area contributed by atoms with Gasteiger partial charge in [0.2, 0.25) is 0 Å². The van der Waals surface area contributed by atoms with Gasteiger partial charge in [-0.05, 0) is 18.5 Å². The van der Waals surface area contributed by atoms with E-state index in [2.05, 4.69) is 22.2 Å². The molecule has 1 heterocycles. The van der Waals surface area contributed by atoms with Gasteiger partial charge >= 0.3 is 0 Å². The number of aryl methyl sites for hydroxylation is 1. The van der Waals surface area contributed by atoms with E-state index in [1.165, 1.54) is 5.56 Å². The van der Waals surface area contributed by atoms with E-state index in [4.69, 9.17) is 20.4 Å². The SMILES string of the molecule is CC(=O)O.COCc1nc(-c2ccc(CCN)cc2)nn1C. The average Bonchev–Trinajstić information content (AvgIpc) is 2.81. The van der Waals surface area contributed by atoms with E-state index >= 15 is 0 Å². The van der Waals surface area contributed by atoms with Crippen LogP contribution < -0.4 is 5.73 Å². The first kappa shape index (κ1) is 17.8. The molecule has 0 fully saturated rings. The zero-order chi connectivity index (χ0) is 16.5. The third kappa shape index (κ3) is 5.63. The highest BCUT2D eigenvalue weighted by Crippen LogP contribution is 2.16. The molecule has 2 aromatic rings. The van der Waals surface area contributed by atoms with Crippen LogP contribution in [0.1, 0.15) is 18.3 Å². The number of aromatic nitrogens is 3. The Labute approximate surface area is 129 Å². The number of carboxylic acid groups (broad SMARTS) is 1. The third-order valence-corrected chi connectivity index (χ3v) is 2.77. The number of ether oxygens (including phenoxy) is 1. The Bertz CT molecular complexity index is 589. The topological polar surface area (TPSA) is 103 Å². The molecule has 1 aromatic heterocycles. The first-order chi connectivity index (χ1) is 10.5. The first-order valence-corrected chi connectivity index (χ1v) is 6.85. The van der Waals surface area contributed by atoms with E-state index in [1.54, 1.807) is 11.8 Å². The number of nitrogens with zero attached hydrogens (tertiary/aromatic N) is 3. The molecule has 3 N–H and O–H groups in total. The van der Waals surface area contributed by atoms with Crippen molar-refractivity contribution in [1.82, 2.24) is 14.8 Å². The van der Waals surface area contributed by atoms with Gasteiger partial charge in [0.05, 0.1) is 0 Å². The second-order valence-electron chi connectivity index (χ2n) is 4.66. The third-order valence-electron chi connectivity index (χ3n) is 2.77. The lowest BCUT2D eigenvalue weighted by Crippen LogP contribution is -2.02. The van der Waals surface area contributed by atoms with Gasteiger partial charge in [-0.1, -0.05) is 24.3 Å². The maximum absolute atomic E-state index is 9.00. The van der Waals surface area contributed by atoms with Gasteiger partial charge in [0.1, 0.15) is 6.61 Å². The van der Waals surface area contributed by atoms with Crippen LogP contribution in [0.15, 0.2) is 24.3 Å². The smallest absolute Gasteiger partial charge is 0.300 e. The summed E-state index contributed by atoms with van der Waals surface area (Å²) >= 11 is 0. The summed E-state index contributed by atoms with van der Waals surface area (Å²) in [5, 5.41) is 11.8. The van der Waals surface area contributed by atoms with Crippen LogP contribution in [-0.4, -0.2) is 39.5 Å². The van der Waals surface area contributed by atoms with Gasteiger partial charge in [-0.2, -0.15) is 5.10 Å². The van der Waals surface area contributed by atoms with Crippen LogP contribution >= 0.6 is 0 Å². The summed E-state index contributed by atoms with van der Waals surface area (Å²) in [6, 6.07) is 8.18. The van der Waals surface area contributed by atoms with Crippen molar-refractivity contribution in [2.45, 2.75) is 20.0 Å². The molecule has 7 heteroatoms. The normalized spacial score (nSPS) is 10.0. The quantitative estimate of drug-likeness (QED) is 0.861. The number of carboxylic acids is 1. The maximum atomic E-state index is 9.00. The van der Waals surface area contributed by atoms with E-state index < -0.39 is 5.97 Å². The maximum Gasteiger partial charge on any atom is 0.300 e. The number of rotatable bonds is 5. The molecule has 22 heavy (non-hydrogen) atoms. The molecule has 7 nitrogen and oxygen atoms in total. The largest absolute Gasteiger partial charge is 0.481 e. The van der Waals surface area contributed by atoms with E-state index in [0.717, 1.165) is 30.6 Å². The molecule has 120 valence electrons. The van der Waals surface area contributed by atoms with Crippen LogP contribution in [0.2, 0.25) is 0 Å². The Kier molecular flexibility index (Phi) is 7.21. The molecule has 0 saturated carbocycles. The van der Waals surface area contributed by atoms with Gasteiger partial charge in [0, 0.05) is 26.6 Å². The predicted molar refractivity (Wildman–Crippen MR) is 83.2 cm³/mol. The zero-order valence-corrected chi connectivity index (χ0v) is 13.1. The second kappa shape index (κ2) is 8.91.